The minimum Gasteiger partial charge on any atom is -0.322 e. The summed E-state index contributed by atoms with van der Waals surface area (Å²) in [5.41, 5.74) is 2.94. The highest BCUT2D eigenvalue weighted by atomic mass is 15.5. The first kappa shape index (κ1) is 16.4. The van der Waals surface area contributed by atoms with Crippen molar-refractivity contribution in [3.63, 3.8) is 0 Å². The van der Waals surface area contributed by atoms with Crippen LogP contribution in [0.15, 0.2) is 54.6 Å². The van der Waals surface area contributed by atoms with Gasteiger partial charge in [0.25, 0.3) is 0 Å². The second kappa shape index (κ2) is 7.46. The summed E-state index contributed by atoms with van der Waals surface area (Å²) in [7, 11) is 0. The van der Waals surface area contributed by atoms with Crippen LogP contribution >= 0.6 is 0 Å². The van der Waals surface area contributed by atoms with Gasteiger partial charge >= 0.3 is 0 Å². The third-order valence-electron chi connectivity index (χ3n) is 5.00. The highest BCUT2D eigenvalue weighted by Gasteiger charge is 2.33. The predicted molar refractivity (Wildman–Crippen MR) is 96.3 cm³/mol. The van der Waals surface area contributed by atoms with E-state index in [1.807, 2.05) is 41.1 Å². The fraction of sp³-hybridized carbons (Fsp3) is 0.300. The highest BCUT2D eigenvalue weighted by molar-refractivity contribution is 5.35. The van der Waals surface area contributed by atoms with E-state index in [2.05, 4.69) is 39.8 Å². The first-order chi connectivity index (χ1) is 12.8. The summed E-state index contributed by atoms with van der Waals surface area (Å²) >= 11 is 0. The van der Waals surface area contributed by atoms with Gasteiger partial charge in [-0.2, -0.15) is 5.26 Å². The molecule has 2 heterocycles. The Kier molecular flexibility index (Phi) is 4.71. The topological polar surface area (TPSA) is 71.8 Å². The van der Waals surface area contributed by atoms with Crippen LogP contribution in [0.25, 0.3) is 0 Å². The Morgan fingerprint density at radius 3 is 2.65 bits per heavy atom. The Labute approximate surface area is 152 Å². The number of nitrogens with zero attached hydrogens (tertiary/aromatic N) is 5. The van der Waals surface area contributed by atoms with Crippen molar-refractivity contribution in [2.45, 2.75) is 25.4 Å². The Morgan fingerprint density at radius 2 is 1.88 bits per heavy atom. The summed E-state index contributed by atoms with van der Waals surface area (Å²) in [6.45, 7) is 2.84. The van der Waals surface area contributed by atoms with Gasteiger partial charge in [0.05, 0.1) is 31.3 Å². The van der Waals surface area contributed by atoms with E-state index in [9.17, 15) is 5.26 Å². The molecular weight excluding hydrogens is 324 g/mol. The number of nitriles is 1. The normalized spacial score (nSPS) is 15.7. The highest BCUT2D eigenvalue weighted by Crippen LogP contribution is 2.20. The first-order valence-electron chi connectivity index (χ1n) is 9.00. The second-order valence-electron chi connectivity index (χ2n) is 6.72. The molecule has 1 aliphatic rings. The molecule has 6 nitrogen and oxygen atoms in total. The number of hydrogen-bond acceptors (Lipinski definition) is 4. The Bertz CT molecular complexity index is 905. The third-order valence-corrected chi connectivity index (χ3v) is 5.00. The van der Waals surface area contributed by atoms with Crippen molar-refractivity contribution in [3.8, 4) is 6.07 Å². The number of nitrogens with one attached hydrogen (secondary N) is 1. The number of benzene rings is 2. The summed E-state index contributed by atoms with van der Waals surface area (Å²) < 4.78 is 1.89. The summed E-state index contributed by atoms with van der Waals surface area (Å²) in [5.74, 6) is 0.862. The fourth-order valence-electron chi connectivity index (χ4n) is 3.76. The number of quaternary nitrogens is 1. The average Bonchev–Trinajstić information content (AvgIpc) is 3.36. The standard InChI is InChI=1S/C20H20N6/c21-14-17-9-6-10-18(13-17)19(25-11-4-5-12-25)20-22-23-24-26(20)15-16-7-2-1-3-8-16/h1-3,6-10,13,19H,4-5,11-12,15H2/p+1/t19-/m1/s1. The molecule has 1 aliphatic heterocycles. The molecule has 0 saturated carbocycles. The van der Waals surface area contributed by atoms with Gasteiger partial charge in [-0.25, -0.2) is 4.68 Å². The summed E-state index contributed by atoms with van der Waals surface area (Å²) in [4.78, 5) is 1.46. The van der Waals surface area contributed by atoms with E-state index in [0.717, 1.165) is 24.5 Å². The number of likely N-dealkylation sites (tertiary alicyclic amines) is 1. The van der Waals surface area contributed by atoms with Gasteiger partial charge in [-0.15, -0.1) is 5.10 Å². The Balaban J connectivity index is 1.73. The lowest BCUT2D eigenvalue weighted by Crippen LogP contribution is -3.10. The largest absolute Gasteiger partial charge is 0.322 e. The van der Waals surface area contributed by atoms with Gasteiger partial charge < -0.3 is 4.90 Å². The molecule has 0 amide bonds. The molecule has 6 heteroatoms. The number of tetrazole rings is 1. The zero-order chi connectivity index (χ0) is 17.8. The summed E-state index contributed by atoms with van der Waals surface area (Å²) in [5, 5.41) is 21.9. The number of rotatable bonds is 5. The maximum absolute atomic E-state index is 9.29. The fourth-order valence-corrected chi connectivity index (χ4v) is 3.76. The molecule has 26 heavy (non-hydrogen) atoms. The first-order valence-corrected chi connectivity index (χ1v) is 9.00. The summed E-state index contributed by atoms with van der Waals surface area (Å²) in [6.07, 6.45) is 2.42. The van der Waals surface area contributed by atoms with Gasteiger partial charge in [0.1, 0.15) is 0 Å². The predicted octanol–water partition coefficient (Wildman–Crippen LogP) is 1.36. The lowest BCUT2D eigenvalue weighted by atomic mass is 10.0. The second-order valence-corrected chi connectivity index (χ2v) is 6.72. The average molecular weight is 345 g/mol. The van der Waals surface area contributed by atoms with Crippen LogP contribution < -0.4 is 4.90 Å². The molecule has 0 radical (unpaired) electrons. The molecule has 1 atom stereocenters. The van der Waals surface area contributed by atoms with Crippen LogP contribution in [0.3, 0.4) is 0 Å². The smallest absolute Gasteiger partial charge is 0.214 e. The third kappa shape index (κ3) is 3.35. The Hall–Kier alpha value is -3.04. The van der Waals surface area contributed by atoms with Crippen LogP contribution in [0.2, 0.25) is 0 Å². The molecule has 3 aromatic rings. The van der Waals surface area contributed by atoms with Crippen molar-refractivity contribution in [1.29, 1.82) is 5.26 Å². The number of aromatic nitrogens is 4. The lowest BCUT2D eigenvalue weighted by Gasteiger charge is -2.24. The van der Waals surface area contributed by atoms with Gasteiger partial charge in [-0.1, -0.05) is 42.5 Å². The van der Waals surface area contributed by atoms with Crippen molar-refractivity contribution < 1.29 is 4.90 Å². The van der Waals surface area contributed by atoms with E-state index in [0.29, 0.717) is 12.1 Å². The van der Waals surface area contributed by atoms with Crippen molar-refractivity contribution in [1.82, 2.24) is 20.2 Å². The zero-order valence-electron chi connectivity index (χ0n) is 14.5. The van der Waals surface area contributed by atoms with Crippen LogP contribution in [0.5, 0.6) is 0 Å². The molecule has 2 aromatic carbocycles. The molecule has 1 saturated heterocycles. The molecule has 1 N–H and O–H groups in total. The molecule has 1 fully saturated rings. The van der Waals surface area contributed by atoms with E-state index < -0.39 is 0 Å². The minimum atomic E-state index is 0.0458. The van der Waals surface area contributed by atoms with Crippen LogP contribution in [-0.4, -0.2) is 33.3 Å². The monoisotopic (exact) mass is 345 g/mol. The van der Waals surface area contributed by atoms with Gasteiger partial charge in [-0.05, 0) is 28.1 Å². The SMILES string of the molecule is N#Cc1cccc([C@H](c2nnnn2Cc2ccccc2)[NH+]2CCCC2)c1. The molecular formula is C20H21N6+. The van der Waals surface area contributed by atoms with E-state index in [-0.39, 0.29) is 6.04 Å². The van der Waals surface area contributed by atoms with Crippen LogP contribution in [-0.2, 0) is 6.54 Å². The van der Waals surface area contributed by atoms with Crippen LogP contribution in [0.4, 0.5) is 0 Å². The van der Waals surface area contributed by atoms with E-state index >= 15 is 0 Å². The molecule has 0 bridgehead atoms. The van der Waals surface area contributed by atoms with E-state index in [4.69, 9.17) is 0 Å². The molecule has 1 aromatic heterocycles. The van der Waals surface area contributed by atoms with Crippen molar-refractivity contribution in [2.75, 3.05) is 13.1 Å². The summed E-state index contributed by atoms with van der Waals surface area (Å²) in [6, 6.07) is 20.4. The molecule has 0 unspecified atom stereocenters. The van der Waals surface area contributed by atoms with Gasteiger partial charge in [-0.3, -0.25) is 0 Å². The van der Waals surface area contributed by atoms with Crippen LogP contribution in [0.1, 0.15) is 41.4 Å². The van der Waals surface area contributed by atoms with E-state index in [1.54, 1.807) is 0 Å². The minimum absolute atomic E-state index is 0.0458. The lowest BCUT2D eigenvalue weighted by molar-refractivity contribution is -0.914. The Morgan fingerprint density at radius 1 is 1.08 bits per heavy atom. The van der Waals surface area contributed by atoms with Gasteiger partial charge in [0, 0.05) is 18.4 Å². The van der Waals surface area contributed by atoms with Crippen LogP contribution in [0, 0.1) is 11.3 Å². The van der Waals surface area contributed by atoms with Crippen molar-refractivity contribution >= 4 is 0 Å². The van der Waals surface area contributed by atoms with Crippen molar-refractivity contribution in [2.24, 2.45) is 0 Å². The van der Waals surface area contributed by atoms with Crippen molar-refractivity contribution in [3.05, 3.63) is 77.1 Å². The molecule has 0 aliphatic carbocycles. The van der Waals surface area contributed by atoms with Gasteiger partial charge in [0.2, 0.25) is 5.82 Å². The molecule has 130 valence electrons. The van der Waals surface area contributed by atoms with E-state index in [1.165, 1.54) is 23.3 Å². The van der Waals surface area contributed by atoms with Gasteiger partial charge in [0.15, 0.2) is 6.04 Å². The quantitative estimate of drug-likeness (QED) is 0.758. The zero-order valence-corrected chi connectivity index (χ0v) is 14.5. The maximum Gasteiger partial charge on any atom is 0.214 e. The molecule has 4 rings (SSSR count). The molecule has 0 spiro atoms. The number of hydrogen-bond donors (Lipinski definition) is 1. The maximum atomic E-state index is 9.29.